The number of hydrogen-bond donors (Lipinski definition) is 1. The minimum absolute atomic E-state index is 0.0304. The highest BCUT2D eigenvalue weighted by Gasteiger charge is 2.30. The van der Waals surface area contributed by atoms with Gasteiger partial charge in [0.05, 0.1) is 5.56 Å². The van der Waals surface area contributed by atoms with E-state index in [1.807, 2.05) is 0 Å². The molecule has 1 heterocycles. The van der Waals surface area contributed by atoms with Crippen LogP contribution in [0.15, 0.2) is 48.5 Å². The molecule has 0 atom stereocenters. The highest BCUT2D eigenvalue weighted by Crippen LogP contribution is 2.30. The van der Waals surface area contributed by atoms with Crippen molar-refractivity contribution in [2.45, 2.75) is 12.7 Å². The molecule has 0 radical (unpaired) electrons. The number of rotatable bonds is 4. The molecule has 134 valence electrons. The molecule has 3 aromatic rings. The van der Waals surface area contributed by atoms with Crippen LogP contribution in [0.25, 0.3) is 11.4 Å². The summed E-state index contributed by atoms with van der Waals surface area (Å²) in [5, 5.41) is 14.6. The highest BCUT2D eigenvalue weighted by atomic mass is 35.5. The number of aromatic nitrogens is 4. The van der Waals surface area contributed by atoms with E-state index in [1.165, 1.54) is 12.1 Å². The molecule has 26 heavy (non-hydrogen) atoms. The lowest BCUT2D eigenvalue weighted by atomic mass is 10.2. The van der Waals surface area contributed by atoms with Crippen molar-refractivity contribution in [3.05, 3.63) is 59.1 Å². The third-order valence-corrected chi connectivity index (χ3v) is 3.57. The number of nitrogens with zero attached hydrogens (tertiary/aromatic N) is 4. The average molecular weight is 382 g/mol. The molecule has 0 fully saturated rings. The molecule has 3 rings (SSSR count). The van der Waals surface area contributed by atoms with Crippen LogP contribution in [0.3, 0.4) is 0 Å². The zero-order valence-electron chi connectivity index (χ0n) is 13.0. The highest BCUT2D eigenvalue weighted by molar-refractivity contribution is 6.30. The van der Waals surface area contributed by atoms with Gasteiger partial charge in [-0.2, -0.15) is 18.0 Å². The van der Waals surface area contributed by atoms with E-state index in [-0.39, 0.29) is 12.2 Å². The molecule has 0 aliphatic carbocycles. The van der Waals surface area contributed by atoms with E-state index in [1.54, 1.807) is 24.3 Å². The molecule has 1 aromatic heterocycles. The fourth-order valence-electron chi connectivity index (χ4n) is 2.13. The summed E-state index contributed by atoms with van der Waals surface area (Å²) < 4.78 is 38.1. The maximum Gasteiger partial charge on any atom is 0.416 e. The Morgan fingerprint density at radius 1 is 1.15 bits per heavy atom. The number of amides is 1. The topological polar surface area (TPSA) is 72.7 Å². The van der Waals surface area contributed by atoms with Crippen LogP contribution in [-0.2, 0) is 17.5 Å². The number of nitrogens with one attached hydrogen (secondary N) is 1. The molecule has 10 heteroatoms. The average Bonchev–Trinajstić information content (AvgIpc) is 3.03. The number of anilines is 1. The quantitative estimate of drug-likeness (QED) is 0.748. The van der Waals surface area contributed by atoms with Crippen molar-refractivity contribution in [1.82, 2.24) is 20.2 Å². The van der Waals surface area contributed by atoms with Crippen LogP contribution < -0.4 is 5.32 Å². The zero-order valence-corrected chi connectivity index (χ0v) is 13.8. The van der Waals surface area contributed by atoms with E-state index < -0.39 is 17.6 Å². The summed E-state index contributed by atoms with van der Waals surface area (Å²) in [4.78, 5) is 13.0. The van der Waals surface area contributed by atoms with Gasteiger partial charge >= 0.3 is 6.18 Å². The van der Waals surface area contributed by atoms with Crippen molar-refractivity contribution in [3.63, 3.8) is 0 Å². The van der Waals surface area contributed by atoms with Gasteiger partial charge in [-0.3, -0.25) is 4.79 Å². The van der Waals surface area contributed by atoms with E-state index in [9.17, 15) is 18.0 Å². The monoisotopic (exact) mass is 381 g/mol. The van der Waals surface area contributed by atoms with Gasteiger partial charge in [0.25, 0.3) is 0 Å². The maximum atomic E-state index is 12.7. The molecule has 0 unspecified atom stereocenters. The van der Waals surface area contributed by atoms with Crippen LogP contribution in [0.1, 0.15) is 5.56 Å². The summed E-state index contributed by atoms with van der Waals surface area (Å²) in [5.74, 6) is -0.280. The molecule has 6 nitrogen and oxygen atoms in total. The minimum atomic E-state index is -4.48. The van der Waals surface area contributed by atoms with Crippen LogP contribution in [0, 0.1) is 0 Å². The number of halogens is 4. The predicted molar refractivity (Wildman–Crippen MR) is 88.3 cm³/mol. The molecule has 0 bridgehead atoms. The second-order valence-electron chi connectivity index (χ2n) is 5.28. The van der Waals surface area contributed by atoms with Gasteiger partial charge in [0.1, 0.15) is 6.54 Å². The first kappa shape index (κ1) is 17.9. The molecule has 0 spiro atoms. The summed E-state index contributed by atoms with van der Waals surface area (Å²) in [6, 6.07) is 11.1. The second kappa shape index (κ2) is 7.12. The molecule has 0 aliphatic rings. The molecular weight excluding hydrogens is 371 g/mol. The van der Waals surface area contributed by atoms with E-state index in [4.69, 9.17) is 11.6 Å². The van der Waals surface area contributed by atoms with Crippen LogP contribution in [0.2, 0.25) is 5.02 Å². The summed E-state index contributed by atoms with van der Waals surface area (Å²) >= 11 is 5.80. The lowest BCUT2D eigenvalue weighted by Gasteiger charge is -2.09. The fourth-order valence-corrected chi connectivity index (χ4v) is 2.25. The van der Waals surface area contributed by atoms with Crippen LogP contribution >= 0.6 is 11.6 Å². The van der Waals surface area contributed by atoms with Gasteiger partial charge in [0, 0.05) is 16.3 Å². The van der Waals surface area contributed by atoms with Crippen LogP contribution in [0.5, 0.6) is 0 Å². The molecular formula is C16H11ClF3N5O. The first-order valence-electron chi connectivity index (χ1n) is 7.32. The van der Waals surface area contributed by atoms with E-state index in [0.717, 1.165) is 16.9 Å². The first-order chi connectivity index (χ1) is 12.3. The Morgan fingerprint density at radius 2 is 1.88 bits per heavy atom. The van der Waals surface area contributed by atoms with Crippen molar-refractivity contribution >= 4 is 23.2 Å². The van der Waals surface area contributed by atoms with Gasteiger partial charge in [-0.1, -0.05) is 17.7 Å². The molecule has 2 aromatic carbocycles. The normalized spacial score (nSPS) is 11.4. The third kappa shape index (κ3) is 4.37. The largest absolute Gasteiger partial charge is 0.416 e. The van der Waals surface area contributed by atoms with E-state index in [2.05, 4.69) is 20.7 Å². The smallest absolute Gasteiger partial charge is 0.324 e. The lowest BCUT2D eigenvalue weighted by molar-refractivity contribution is -0.137. The van der Waals surface area contributed by atoms with Crippen molar-refractivity contribution in [1.29, 1.82) is 0 Å². The molecule has 1 N–H and O–H groups in total. The van der Waals surface area contributed by atoms with Gasteiger partial charge in [-0.25, -0.2) is 0 Å². The van der Waals surface area contributed by atoms with Crippen LogP contribution in [-0.4, -0.2) is 26.1 Å². The SMILES string of the molecule is O=C(Cn1nnc(-c2ccc(Cl)cc2)n1)Nc1cccc(C(F)(F)F)c1. The summed E-state index contributed by atoms with van der Waals surface area (Å²) in [6.45, 7) is -0.295. The van der Waals surface area contributed by atoms with Crippen molar-refractivity contribution in [2.75, 3.05) is 5.32 Å². The summed E-state index contributed by atoms with van der Waals surface area (Å²) in [6.07, 6.45) is -4.48. The predicted octanol–water partition coefficient (Wildman–Crippen LogP) is 3.65. The molecule has 1 amide bonds. The Bertz CT molecular complexity index is 924. The fraction of sp³-hybridized carbons (Fsp3) is 0.125. The number of alkyl halides is 3. The molecule has 0 saturated carbocycles. The van der Waals surface area contributed by atoms with Gasteiger partial charge in [-0.05, 0) is 47.7 Å². The number of benzene rings is 2. The first-order valence-corrected chi connectivity index (χ1v) is 7.70. The van der Waals surface area contributed by atoms with E-state index in [0.29, 0.717) is 16.4 Å². The molecule has 0 saturated heterocycles. The number of carbonyl (C=O) groups excluding carboxylic acids is 1. The third-order valence-electron chi connectivity index (χ3n) is 3.31. The number of carbonyl (C=O) groups is 1. The molecule has 0 aliphatic heterocycles. The van der Waals surface area contributed by atoms with Gasteiger partial charge in [-0.15, -0.1) is 10.2 Å². The van der Waals surface area contributed by atoms with E-state index >= 15 is 0 Å². The van der Waals surface area contributed by atoms with Gasteiger partial charge in [0.15, 0.2) is 0 Å². The number of hydrogen-bond acceptors (Lipinski definition) is 4. The summed E-state index contributed by atoms with van der Waals surface area (Å²) in [5.41, 5.74) is -0.152. The standard InChI is InChI=1S/C16H11ClF3N5O/c17-12-6-4-10(5-7-12)15-22-24-25(23-15)9-14(26)21-13-3-1-2-11(8-13)16(18,19)20/h1-8H,9H2,(H,21,26). The van der Waals surface area contributed by atoms with Crippen LogP contribution in [0.4, 0.5) is 18.9 Å². The zero-order chi connectivity index (χ0) is 18.7. The Morgan fingerprint density at radius 3 is 2.58 bits per heavy atom. The van der Waals surface area contributed by atoms with Crippen molar-refractivity contribution < 1.29 is 18.0 Å². The minimum Gasteiger partial charge on any atom is -0.324 e. The van der Waals surface area contributed by atoms with Crippen molar-refractivity contribution in [3.8, 4) is 11.4 Å². The Labute approximate surface area is 150 Å². The Kier molecular flexibility index (Phi) is 4.90. The Hall–Kier alpha value is -2.94. The second-order valence-corrected chi connectivity index (χ2v) is 5.71. The van der Waals surface area contributed by atoms with Crippen molar-refractivity contribution in [2.24, 2.45) is 0 Å². The lowest BCUT2D eigenvalue weighted by Crippen LogP contribution is -2.20. The Balaban J connectivity index is 1.67. The van der Waals surface area contributed by atoms with Gasteiger partial charge < -0.3 is 5.32 Å². The number of tetrazole rings is 1. The van der Waals surface area contributed by atoms with Gasteiger partial charge in [0.2, 0.25) is 11.7 Å². The maximum absolute atomic E-state index is 12.7. The summed E-state index contributed by atoms with van der Waals surface area (Å²) in [7, 11) is 0.